The van der Waals surface area contributed by atoms with Crippen LogP contribution in [0.2, 0.25) is 0 Å². The van der Waals surface area contributed by atoms with Crippen molar-refractivity contribution < 1.29 is 22.6 Å². The number of nitrogens with two attached hydrogens (primary N) is 1. The molecule has 9 nitrogen and oxygen atoms in total. The van der Waals surface area contributed by atoms with Crippen molar-refractivity contribution in [1.29, 1.82) is 0 Å². The summed E-state index contributed by atoms with van der Waals surface area (Å²) in [6.07, 6.45) is 0.985. The minimum absolute atomic E-state index is 0.198. The van der Waals surface area contributed by atoms with E-state index in [-0.39, 0.29) is 12.8 Å². The highest BCUT2D eigenvalue weighted by molar-refractivity contribution is 7.79. The van der Waals surface area contributed by atoms with Gasteiger partial charge in [-0.25, -0.2) is 0 Å². The maximum atomic E-state index is 8.76. The molecule has 1 unspecified atom stereocenters. The van der Waals surface area contributed by atoms with E-state index in [0.29, 0.717) is 0 Å². The van der Waals surface area contributed by atoms with Crippen molar-refractivity contribution >= 4 is 27.5 Å². The number of aliphatic hydroxyl groups is 1. The fraction of sp³-hybridized carbons (Fsp3) is 0.600. The summed E-state index contributed by atoms with van der Waals surface area (Å²) in [5.74, 6) is 0. The maximum absolute atomic E-state index is 8.76. The predicted molar refractivity (Wildman–Crippen MR) is 101 cm³/mol. The molecule has 1 rings (SSSR count). The molecule has 1 aromatic carbocycles. The average Bonchev–Trinajstić information content (AvgIpc) is 2.50. The third kappa shape index (κ3) is 11.6. The number of nitrogens with one attached hydrogen (secondary N) is 2. The number of nitrogen functional groups attached to an aromatic ring is 1. The molecular weight excluding hydrogens is 348 g/mol. The summed E-state index contributed by atoms with van der Waals surface area (Å²) in [6, 6.07) is 5.93. The van der Waals surface area contributed by atoms with Gasteiger partial charge in [-0.15, -0.1) is 0 Å². The van der Waals surface area contributed by atoms with Crippen LogP contribution in [0.4, 0.5) is 17.1 Å². The lowest BCUT2D eigenvalue weighted by Gasteiger charge is -2.28. The molecule has 0 aromatic heterocycles. The highest BCUT2D eigenvalue weighted by Crippen LogP contribution is 2.23. The van der Waals surface area contributed by atoms with Gasteiger partial charge in [-0.3, -0.25) is 14.0 Å². The lowest BCUT2D eigenvalue weighted by Crippen LogP contribution is -2.38. The van der Waals surface area contributed by atoms with Crippen LogP contribution in [0.5, 0.6) is 0 Å². The van der Waals surface area contributed by atoms with Crippen molar-refractivity contribution in [2.45, 2.75) is 33.4 Å². The van der Waals surface area contributed by atoms with Crippen LogP contribution in [0.1, 0.15) is 27.2 Å². The van der Waals surface area contributed by atoms with Crippen LogP contribution >= 0.6 is 0 Å². The lowest BCUT2D eigenvalue weighted by molar-refractivity contribution is 0.253. The topological polar surface area (TPSA) is 148 Å². The Labute approximate surface area is 149 Å². The first-order valence-corrected chi connectivity index (χ1v) is 9.46. The molecule has 10 heteroatoms. The van der Waals surface area contributed by atoms with E-state index in [1.807, 2.05) is 18.2 Å². The third-order valence-electron chi connectivity index (χ3n) is 3.44. The van der Waals surface area contributed by atoms with E-state index in [1.54, 1.807) is 0 Å². The molecule has 0 radical (unpaired) electrons. The second kappa shape index (κ2) is 11.9. The van der Waals surface area contributed by atoms with Crippen LogP contribution < -0.4 is 16.4 Å². The van der Waals surface area contributed by atoms with Crippen LogP contribution in [0.15, 0.2) is 18.2 Å². The van der Waals surface area contributed by atoms with Crippen molar-refractivity contribution in [2.75, 3.05) is 42.6 Å². The van der Waals surface area contributed by atoms with Crippen molar-refractivity contribution in [2.24, 2.45) is 0 Å². The summed E-state index contributed by atoms with van der Waals surface area (Å²) in [5, 5.41) is 15.4. The Morgan fingerprint density at radius 1 is 1.24 bits per heavy atom. The molecule has 0 fully saturated rings. The van der Waals surface area contributed by atoms with Gasteiger partial charge in [-0.2, -0.15) is 8.42 Å². The van der Waals surface area contributed by atoms with Gasteiger partial charge in [0.2, 0.25) is 0 Å². The Kier molecular flexibility index (Phi) is 11.1. The van der Waals surface area contributed by atoms with Gasteiger partial charge in [-0.1, -0.05) is 13.8 Å². The molecule has 1 aromatic rings. The standard InChI is InChI=1S/C15H28N4O.H2O4S/c1-4-19(5-2)12(3)18-15-8-7-13(11-14(15)16)17-9-6-10-20;1-5(2,3)4/h7-8,11-12,17-18,20H,4-6,9-10,16H2,1-3H3;(H2,1,2,3,4). The van der Waals surface area contributed by atoms with Gasteiger partial charge in [0.15, 0.2) is 0 Å². The zero-order chi connectivity index (χ0) is 19.5. The first kappa shape index (κ1) is 23.4. The van der Waals surface area contributed by atoms with Crippen LogP contribution in [-0.4, -0.2) is 59.9 Å². The Hall–Kier alpha value is -1.59. The van der Waals surface area contributed by atoms with Crippen LogP contribution in [0, 0.1) is 0 Å². The molecule has 0 heterocycles. The zero-order valence-corrected chi connectivity index (χ0v) is 15.8. The van der Waals surface area contributed by atoms with E-state index in [9.17, 15) is 0 Å². The number of hydrogen-bond acceptors (Lipinski definition) is 7. The van der Waals surface area contributed by atoms with Crippen LogP contribution in [0.25, 0.3) is 0 Å². The molecule has 0 spiro atoms. The lowest BCUT2D eigenvalue weighted by atomic mass is 10.2. The molecule has 25 heavy (non-hydrogen) atoms. The minimum Gasteiger partial charge on any atom is -0.397 e. The van der Waals surface area contributed by atoms with E-state index in [4.69, 9.17) is 28.4 Å². The molecule has 7 N–H and O–H groups in total. The average molecular weight is 378 g/mol. The second-order valence-corrected chi connectivity index (χ2v) is 6.19. The van der Waals surface area contributed by atoms with Gasteiger partial charge < -0.3 is 21.5 Å². The quantitative estimate of drug-likeness (QED) is 0.163. The van der Waals surface area contributed by atoms with E-state index in [2.05, 4.69) is 36.3 Å². The molecular formula is C15H30N4O5S. The highest BCUT2D eigenvalue weighted by Gasteiger charge is 2.10. The fourth-order valence-corrected chi connectivity index (χ4v) is 2.20. The third-order valence-corrected chi connectivity index (χ3v) is 3.44. The molecule has 1 atom stereocenters. The first-order valence-electron chi connectivity index (χ1n) is 8.07. The van der Waals surface area contributed by atoms with E-state index in [1.165, 1.54) is 0 Å². The Morgan fingerprint density at radius 2 is 1.80 bits per heavy atom. The number of anilines is 3. The summed E-state index contributed by atoms with van der Waals surface area (Å²) in [7, 11) is -4.67. The highest BCUT2D eigenvalue weighted by atomic mass is 32.3. The molecule has 0 saturated heterocycles. The number of hydrogen-bond donors (Lipinski definition) is 6. The van der Waals surface area contributed by atoms with Gasteiger partial charge in [0.1, 0.15) is 0 Å². The maximum Gasteiger partial charge on any atom is 0.394 e. The van der Waals surface area contributed by atoms with Gasteiger partial charge >= 0.3 is 10.4 Å². The molecule has 0 saturated carbocycles. The summed E-state index contributed by atoms with van der Waals surface area (Å²) < 4.78 is 31.6. The zero-order valence-electron chi connectivity index (χ0n) is 14.9. The number of aliphatic hydroxyl groups excluding tert-OH is 1. The monoisotopic (exact) mass is 378 g/mol. The smallest absolute Gasteiger partial charge is 0.394 e. The summed E-state index contributed by atoms with van der Waals surface area (Å²) in [5.41, 5.74) is 8.76. The van der Waals surface area contributed by atoms with E-state index >= 15 is 0 Å². The number of rotatable bonds is 9. The van der Waals surface area contributed by atoms with Gasteiger partial charge in [-0.05, 0) is 44.6 Å². The minimum atomic E-state index is -4.67. The summed E-state index contributed by atoms with van der Waals surface area (Å²) in [6.45, 7) is 9.40. The molecule has 0 aliphatic rings. The largest absolute Gasteiger partial charge is 0.397 e. The summed E-state index contributed by atoms with van der Waals surface area (Å²) >= 11 is 0. The number of nitrogens with zero attached hydrogens (tertiary/aromatic N) is 1. The summed E-state index contributed by atoms with van der Waals surface area (Å²) in [4.78, 5) is 2.33. The SMILES string of the molecule is CCN(CC)C(C)Nc1ccc(NCCCO)cc1N.O=S(=O)(O)O. The predicted octanol–water partition coefficient (Wildman–Crippen LogP) is 1.51. The normalized spacial score (nSPS) is 12.3. The van der Waals surface area contributed by atoms with Gasteiger partial charge in [0.25, 0.3) is 0 Å². The number of benzene rings is 1. The van der Waals surface area contributed by atoms with Gasteiger partial charge in [0, 0.05) is 18.8 Å². The van der Waals surface area contributed by atoms with Crippen LogP contribution in [0.3, 0.4) is 0 Å². The Bertz CT molecular complexity index is 586. The van der Waals surface area contributed by atoms with Crippen molar-refractivity contribution in [3.63, 3.8) is 0 Å². The molecule has 0 aliphatic heterocycles. The van der Waals surface area contributed by atoms with Crippen molar-refractivity contribution in [1.82, 2.24) is 4.90 Å². The Morgan fingerprint density at radius 3 is 2.24 bits per heavy atom. The van der Waals surface area contributed by atoms with Crippen LogP contribution in [-0.2, 0) is 10.4 Å². The van der Waals surface area contributed by atoms with Crippen molar-refractivity contribution in [3.05, 3.63) is 18.2 Å². The van der Waals surface area contributed by atoms with Gasteiger partial charge in [0.05, 0.1) is 17.5 Å². The second-order valence-electron chi connectivity index (χ2n) is 5.30. The van der Waals surface area contributed by atoms with Crippen molar-refractivity contribution in [3.8, 4) is 0 Å². The fourth-order valence-electron chi connectivity index (χ4n) is 2.20. The first-order chi connectivity index (χ1) is 11.6. The van der Waals surface area contributed by atoms with E-state index in [0.717, 1.165) is 43.1 Å². The molecule has 146 valence electrons. The van der Waals surface area contributed by atoms with E-state index < -0.39 is 10.4 Å². The molecule has 0 amide bonds. The molecule has 0 aliphatic carbocycles. The Balaban J connectivity index is 0.00000101. The molecule has 0 bridgehead atoms.